The molecule has 1 atom stereocenters. The average Bonchev–Trinajstić information content (AvgIpc) is 3.14. The Balaban J connectivity index is 1.82. The van der Waals surface area contributed by atoms with Gasteiger partial charge in [0.25, 0.3) is 0 Å². The summed E-state index contributed by atoms with van der Waals surface area (Å²) in [5.41, 5.74) is 0.190. The molecule has 1 fully saturated rings. The molecule has 1 aliphatic rings. The van der Waals surface area contributed by atoms with Crippen LogP contribution in [0.3, 0.4) is 0 Å². The first-order chi connectivity index (χ1) is 14.4. The predicted molar refractivity (Wildman–Crippen MR) is 106 cm³/mol. The van der Waals surface area contributed by atoms with E-state index in [-0.39, 0.29) is 30.2 Å². The first-order valence-electron chi connectivity index (χ1n) is 8.89. The summed E-state index contributed by atoms with van der Waals surface area (Å²) >= 11 is 0. The van der Waals surface area contributed by atoms with Crippen LogP contribution in [-0.4, -0.2) is 49.6 Å². The van der Waals surface area contributed by atoms with E-state index in [0.29, 0.717) is 22.9 Å². The van der Waals surface area contributed by atoms with Gasteiger partial charge >= 0.3 is 5.69 Å². The van der Waals surface area contributed by atoms with E-state index in [1.165, 1.54) is 38.5 Å². The Hall–Kier alpha value is -3.89. The summed E-state index contributed by atoms with van der Waals surface area (Å²) in [5.74, 6) is -0.319. The van der Waals surface area contributed by atoms with E-state index >= 15 is 0 Å². The van der Waals surface area contributed by atoms with E-state index in [0.717, 1.165) is 6.20 Å². The van der Waals surface area contributed by atoms with Crippen LogP contribution in [0.4, 0.5) is 17.1 Å². The van der Waals surface area contributed by atoms with E-state index in [4.69, 9.17) is 14.2 Å². The zero-order valence-electron chi connectivity index (χ0n) is 16.6. The van der Waals surface area contributed by atoms with Crippen LogP contribution in [-0.2, 0) is 9.59 Å². The number of nitrogens with one attached hydrogen (secondary N) is 1. The molecule has 1 saturated heterocycles. The van der Waals surface area contributed by atoms with Gasteiger partial charge in [-0.15, -0.1) is 0 Å². The fourth-order valence-electron chi connectivity index (χ4n) is 3.23. The number of nitro groups is 1. The van der Waals surface area contributed by atoms with E-state index in [1.54, 1.807) is 12.1 Å². The fourth-order valence-corrected chi connectivity index (χ4v) is 3.23. The monoisotopic (exact) mass is 416 g/mol. The van der Waals surface area contributed by atoms with Crippen molar-refractivity contribution in [3.63, 3.8) is 0 Å². The molecule has 158 valence electrons. The largest absolute Gasteiger partial charge is 0.493 e. The van der Waals surface area contributed by atoms with Crippen molar-refractivity contribution in [1.82, 2.24) is 4.98 Å². The SMILES string of the molecule is COc1cc(N2CC(C(=O)Nc3ccncc3[N+](=O)[O-])CC2=O)cc(OC)c1OC. The number of rotatable bonds is 7. The molecular weight excluding hydrogens is 396 g/mol. The lowest BCUT2D eigenvalue weighted by molar-refractivity contribution is -0.384. The molecule has 11 heteroatoms. The zero-order chi connectivity index (χ0) is 21.8. The molecule has 1 unspecified atom stereocenters. The van der Waals surface area contributed by atoms with E-state index in [1.807, 2.05) is 0 Å². The molecule has 2 amide bonds. The highest BCUT2D eigenvalue weighted by Gasteiger charge is 2.36. The molecule has 11 nitrogen and oxygen atoms in total. The van der Waals surface area contributed by atoms with Crippen LogP contribution in [0.25, 0.3) is 0 Å². The summed E-state index contributed by atoms with van der Waals surface area (Å²) in [7, 11) is 4.40. The average molecular weight is 416 g/mol. The van der Waals surface area contributed by atoms with Gasteiger partial charge in [-0.25, -0.2) is 0 Å². The van der Waals surface area contributed by atoms with Crippen molar-refractivity contribution in [3.05, 3.63) is 40.7 Å². The van der Waals surface area contributed by atoms with Gasteiger partial charge in [-0.3, -0.25) is 24.7 Å². The molecule has 30 heavy (non-hydrogen) atoms. The summed E-state index contributed by atoms with van der Waals surface area (Å²) < 4.78 is 15.9. The summed E-state index contributed by atoms with van der Waals surface area (Å²) in [6, 6.07) is 4.57. The third-order valence-electron chi connectivity index (χ3n) is 4.71. The number of anilines is 2. The third kappa shape index (κ3) is 3.95. The zero-order valence-corrected chi connectivity index (χ0v) is 16.6. The predicted octanol–water partition coefficient (Wildman–Crippen LogP) is 2.01. The number of methoxy groups -OCH3 is 3. The second-order valence-electron chi connectivity index (χ2n) is 6.43. The maximum atomic E-state index is 12.7. The van der Waals surface area contributed by atoms with Gasteiger partial charge in [0.05, 0.1) is 37.9 Å². The second-order valence-corrected chi connectivity index (χ2v) is 6.43. The van der Waals surface area contributed by atoms with Crippen molar-refractivity contribution in [2.45, 2.75) is 6.42 Å². The Labute approximate surface area is 171 Å². The Bertz CT molecular complexity index is 970. The van der Waals surface area contributed by atoms with Crippen molar-refractivity contribution in [3.8, 4) is 17.2 Å². The minimum absolute atomic E-state index is 0.0266. The highest BCUT2D eigenvalue weighted by atomic mass is 16.6. The number of amides is 2. The molecule has 1 aliphatic heterocycles. The lowest BCUT2D eigenvalue weighted by Crippen LogP contribution is -2.28. The molecule has 1 aromatic carbocycles. The minimum Gasteiger partial charge on any atom is -0.493 e. The Kier molecular flexibility index (Phi) is 6.00. The normalized spacial score (nSPS) is 15.6. The Morgan fingerprint density at radius 3 is 2.47 bits per heavy atom. The van der Waals surface area contributed by atoms with Crippen molar-refractivity contribution >= 4 is 28.9 Å². The van der Waals surface area contributed by atoms with Crippen LogP contribution in [0.2, 0.25) is 0 Å². The summed E-state index contributed by atoms with van der Waals surface area (Å²) in [6.07, 6.45) is 2.35. The van der Waals surface area contributed by atoms with E-state index in [2.05, 4.69) is 10.3 Å². The highest BCUT2D eigenvalue weighted by molar-refractivity contribution is 6.04. The first-order valence-corrected chi connectivity index (χ1v) is 8.89. The number of benzene rings is 1. The first kappa shape index (κ1) is 20.8. The topological polar surface area (TPSA) is 133 Å². The lowest BCUT2D eigenvalue weighted by Gasteiger charge is -2.20. The smallest absolute Gasteiger partial charge is 0.310 e. The summed E-state index contributed by atoms with van der Waals surface area (Å²) in [4.78, 5) is 40.8. The van der Waals surface area contributed by atoms with Crippen molar-refractivity contribution in [1.29, 1.82) is 0 Å². The van der Waals surface area contributed by atoms with Crippen LogP contribution < -0.4 is 24.4 Å². The molecule has 2 heterocycles. The molecule has 1 aromatic heterocycles. The third-order valence-corrected chi connectivity index (χ3v) is 4.71. The molecular formula is C19H20N4O7. The van der Waals surface area contributed by atoms with Crippen LogP contribution in [0.5, 0.6) is 17.2 Å². The van der Waals surface area contributed by atoms with Gasteiger partial charge in [0.2, 0.25) is 17.6 Å². The maximum Gasteiger partial charge on any atom is 0.310 e. The number of pyridine rings is 1. The number of nitrogens with zero attached hydrogens (tertiary/aromatic N) is 3. The minimum atomic E-state index is -0.690. The molecule has 0 spiro atoms. The molecule has 0 saturated carbocycles. The van der Waals surface area contributed by atoms with Crippen molar-refractivity contribution in [2.24, 2.45) is 5.92 Å². The van der Waals surface area contributed by atoms with Gasteiger partial charge in [-0.1, -0.05) is 0 Å². The second kappa shape index (κ2) is 8.64. The van der Waals surface area contributed by atoms with Gasteiger partial charge in [0, 0.05) is 31.3 Å². The summed E-state index contributed by atoms with van der Waals surface area (Å²) in [6.45, 7) is 0.0994. The molecule has 2 aromatic rings. The molecule has 3 rings (SSSR count). The van der Waals surface area contributed by atoms with Gasteiger partial charge in [-0.05, 0) is 6.07 Å². The van der Waals surface area contributed by atoms with E-state index < -0.39 is 16.7 Å². The van der Waals surface area contributed by atoms with Crippen LogP contribution in [0, 0.1) is 16.0 Å². The number of hydrogen-bond acceptors (Lipinski definition) is 8. The van der Waals surface area contributed by atoms with Crippen LogP contribution in [0.1, 0.15) is 6.42 Å². The number of carbonyl (C=O) groups is 2. The lowest BCUT2D eigenvalue weighted by atomic mass is 10.1. The number of ether oxygens (including phenoxy) is 3. The van der Waals surface area contributed by atoms with Crippen molar-refractivity contribution in [2.75, 3.05) is 38.1 Å². The fraction of sp³-hybridized carbons (Fsp3) is 0.316. The standard InChI is InChI=1S/C19H20N4O7/c1-28-15-7-12(8-16(29-2)18(15)30-3)22-10-11(6-17(22)24)19(25)21-13-4-5-20-9-14(13)23(26)27/h4-5,7-9,11H,6,10H2,1-3H3,(H,20,21,25). The Morgan fingerprint density at radius 2 is 1.90 bits per heavy atom. The quantitative estimate of drug-likeness (QED) is 0.535. The van der Waals surface area contributed by atoms with Crippen LogP contribution >= 0.6 is 0 Å². The molecule has 0 aliphatic carbocycles. The summed E-state index contributed by atoms with van der Waals surface area (Å²) in [5, 5.41) is 13.6. The molecule has 0 radical (unpaired) electrons. The van der Waals surface area contributed by atoms with E-state index in [9.17, 15) is 19.7 Å². The molecule has 0 bridgehead atoms. The maximum absolute atomic E-state index is 12.7. The van der Waals surface area contributed by atoms with Gasteiger partial charge in [0.1, 0.15) is 11.9 Å². The molecule has 1 N–H and O–H groups in total. The van der Waals surface area contributed by atoms with Gasteiger partial charge in [0.15, 0.2) is 11.5 Å². The number of hydrogen-bond donors (Lipinski definition) is 1. The number of aromatic nitrogens is 1. The van der Waals surface area contributed by atoms with Gasteiger partial charge < -0.3 is 24.4 Å². The van der Waals surface area contributed by atoms with Crippen LogP contribution in [0.15, 0.2) is 30.6 Å². The highest BCUT2D eigenvalue weighted by Crippen LogP contribution is 2.42. The number of carbonyl (C=O) groups excluding carboxylic acids is 2. The van der Waals surface area contributed by atoms with Gasteiger partial charge in [-0.2, -0.15) is 0 Å². The Morgan fingerprint density at radius 1 is 1.23 bits per heavy atom. The van der Waals surface area contributed by atoms with Crippen molar-refractivity contribution < 1.29 is 28.7 Å².